The molecule has 0 saturated heterocycles. The van der Waals surface area contributed by atoms with Gasteiger partial charge in [0.25, 0.3) is 5.91 Å². The number of aromatic nitrogens is 2. The molecule has 136 valence electrons. The van der Waals surface area contributed by atoms with Crippen LogP contribution in [0.4, 0.5) is 11.5 Å². The van der Waals surface area contributed by atoms with Crippen molar-refractivity contribution in [3.63, 3.8) is 0 Å². The standard InChI is InChI=1S/C20H18N4O3/c1-13-3-2-4-14(9-13)11-21-20(25)16-6-8-19(24-23-16)22-15-5-7-17-18(10-15)27-12-26-17/h2-10H,11-12H2,1H3,(H,21,25)(H,22,24). The molecule has 0 spiro atoms. The molecule has 0 aliphatic carbocycles. The molecule has 0 bridgehead atoms. The van der Waals surface area contributed by atoms with Crippen LogP contribution in [-0.2, 0) is 6.54 Å². The SMILES string of the molecule is Cc1cccc(CNC(=O)c2ccc(Nc3ccc4c(c3)OCO4)nn2)c1. The van der Waals surface area contributed by atoms with Crippen LogP contribution in [0.5, 0.6) is 11.5 Å². The Kier molecular flexibility index (Phi) is 4.57. The first kappa shape index (κ1) is 16.8. The number of nitrogens with zero attached hydrogens (tertiary/aromatic N) is 2. The van der Waals surface area contributed by atoms with Crippen LogP contribution in [0, 0.1) is 6.92 Å². The van der Waals surface area contributed by atoms with E-state index in [1.165, 1.54) is 0 Å². The third-order valence-electron chi connectivity index (χ3n) is 4.08. The first-order valence-electron chi connectivity index (χ1n) is 8.51. The lowest BCUT2D eigenvalue weighted by Gasteiger charge is -2.07. The number of ether oxygens (including phenoxy) is 2. The predicted octanol–water partition coefficient (Wildman–Crippen LogP) is 3.19. The highest BCUT2D eigenvalue weighted by Gasteiger charge is 2.14. The number of hydrogen-bond acceptors (Lipinski definition) is 6. The summed E-state index contributed by atoms with van der Waals surface area (Å²) in [7, 11) is 0. The molecular weight excluding hydrogens is 344 g/mol. The quantitative estimate of drug-likeness (QED) is 0.725. The minimum Gasteiger partial charge on any atom is -0.454 e. The van der Waals surface area contributed by atoms with Gasteiger partial charge < -0.3 is 20.1 Å². The van der Waals surface area contributed by atoms with Gasteiger partial charge in [-0.25, -0.2) is 0 Å². The van der Waals surface area contributed by atoms with Crippen molar-refractivity contribution in [1.29, 1.82) is 0 Å². The summed E-state index contributed by atoms with van der Waals surface area (Å²) in [5.41, 5.74) is 3.25. The van der Waals surface area contributed by atoms with Gasteiger partial charge in [0.1, 0.15) is 0 Å². The second kappa shape index (κ2) is 7.33. The third-order valence-corrected chi connectivity index (χ3v) is 4.08. The Morgan fingerprint density at radius 1 is 1.04 bits per heavy atom. The van der Waals surface area contributed by atoms with Gasteiger partial charge in [-0.15, -0.1) is 10.2 Å². The van der Waals surface area contributed by atoms with Crippen molar-refractivity contribution < 1.29 is 14.3 Å². The summed E-state index contributed by atoms with van der Waals surface area (Å²) in [6, 6.07) is 16.8. The maximum absolute atomic E-state index is 12.2. The zero-order valence-electron chi connectivity index (χ0n) is 14.7. The zero-order chi connectivity index (χ0) is 18.6. The first-order chi connectivity index (χ1) is 13.2. The van der Waals surface area contributed by atoms with Gasteiger partial charge in [-0.2, -0.15) is 0 Å². The Balaban J connectivity index is 1.37. The van der Waals surface area contributed by atoms with E-state index in [4.69, 9.17) is 9.47 Å². The van der Waals surface area contributed by atoms with Crippen molar-refractivity contribution in [3.8, 4) is 11.5 Å². The molecule has 1 aromatic heterocycles. The highest BCUT2D eigenvalue weighted by atomic mass is 16.7. The molecular formula is C20H18N4O3. The van der Waals surface area contributed by atoms with Crippen molar-refractivity contribution in [3.05, 3.63) is 71.4 Å². The molecule has 2 aromatic carbocycles. The number of anilines is 2. The fourth-order valence-electron chi connectivity index (χ4n) is 2.74. The molecule has 2 N–H and O–H groups in total. The minimum absolute atomic E-state index is 0.227. The Morgan fingerprint density at radius 2 is 1.93 bits per heavy atom. The van der Waals surface area contributed by atoms with E-state index >= 15 is 0 Å². The number of carbonyl (C=O) groups is 1. The summed E-state index contributed by atoms with van der Waals surface area (Å²) in [5.74, 6) is 1.66. The van der Waals surface area contributed by atoms with Crippen LogP contribution in [0.3, 0.4) is 0 Å². The molecule has 1 amide bonds. The summed E-state index contributed by atoms with van der Waals surface area (Å²) in [6.07, 6.45) is 0. The molecule has 7 heteroatoms. The summed E-state index contributed by atoms with van der Waals surface area (Å²) < 4.78 is 10.6. The van der Waals surface area contributed by atoms with Crippen LogP contribution in [0.15, 0.2) is 54.6 Å². The number of carbonyl (C=O) groups excluding carboxylic acids is 1. The first-order valence-corrected chi connectivity index (χ1v) is 8.51. The summed E-state index contributed by atoms with van der Waals surface area (Å²) >= 11 is 0. The summed E-state index contributed by atoms with van der Waals surface area (Å²) in [4.78, 5) is 12.2. The Morgan fingerprint density at radius 3 is 2.74 bits per heavy atom. The minimum atomic E-state index is -0.265. The van der Waals surface area contributed by atoms with Crippen LogP contribution in [0.2, 0.25) is 0 Å². The summed E-state index contributed by atoms with van der Waals surface area (Å²) in [6.45, 7) is 2.69. The lowest BCUT2D eigenvalue weighted by Crippen LogP contribution is -2.24. The van der Waals surface area contributed by atoms with Crippen LogP contribution in [-0.4, -0.2) is 22.9 Å². The molecule has 7 nitrogen and oxygen atoms in total. The number of fused-ring (bicyclic) bond motifs is 1. The lowest BCUT2D eigenvalue weighted by molar-refractivity contribution is 0.0945. The van der Waals surface area contributed by atoms with Crippen LogP contribution in [0.1, 0.15) is 21.6 Å². The number of hydrogen-bond donors (Lipinski definition) is 2. The molecule has 0 fully saturated rings. The fraction of sp³-hybridized carbons (Fsp3) is 0.150. The van der Waals surface area contributed by atoms with Crippen molar-refractivity contribution in [2.24, 2.45) is 0 Å². The average molecular weight is 362 g/mol. The van der Waals surface area contributed by atoms with Crippen molar-refractivity contribution in [2.45, 2.75) is 13.5 Å². The Hall–Kier alpha value is -3.61. The van der Waals surface area contributed by atoms with Crippen molar-refractivity contribution in [2.75, 3.05) is 12.1 Å². The molecule has 4 rings (SSSR count). The maximum Gasteiger partial charge on any atom is 0.272 e. The molecule has 1 aliphatic rings. The van der Waals surface area contributed by atoms with E-state index in [2.05, 4.69) is 20.8 Å². The van der Waals surface area contributed by atoms with Gasteiger partial charge in [0, 0.05) is 18.3 Å². The number of rotatable bonds is 5. The number of aryl methyl sites for hydroxylation is 1. The van der Waals surface area contributed by atoms with Gasteiger partial charge >= 0.3 is 0 Å². The third kappa shape index (κ3) is 3.98. The maximum atomic E-state index is 12.2. The van der Waals surface area contributed by atoms with Gasteiger partial charge in [0.05, 0.1) is 0 Å². The van der Waals surface area contributed by atoms with Gasteiger partial charge in [-0.05, 0) is 36.8 Å². The average Bonchev–Trinajstić information content (AvgIpc) is 3.15. The summed E-state index contributed by atoms with van der Waals surface area (Å²) in [5, 5.41) is 14.0. The lowest BCUT2D eigenvalue weighted by atomic mass is 10.1. The Bertz CT molecular complexity index is 973. The Labute approximate surface area is 156 Å². The smallest absolute Gasteiger partial charge is 0.272 e. The highest BCUT2D eigenvalue weighted by Crippen LogP contribution is 2.34. The molecule has 0 radical (unpaired) electrons. The van der Waals surface area contributed by atoms with E-state index in [1.54, 1.807) is 12.1 Å². The predicted molar refractivity (Wildman–Crippen MR) is 100 cm³/mol. The second-order valence-corrected chi connectivity index (χ2v) is 6.17. The normalized spacial score (nSPS) is 11.9. The highest BCUT2D eigenvalue weighted by molar-refractivity contribution is 5.92. The molecule has 0 atom stereocenters. The largest absolute Gasteiger partial charge is 0.454 e. The number of benzene rings is 2. The van der Waals surface area contributed by atoms with E-state index in [0.717, 1.165) is 16.8 Å². The molecule has 0 unspecified atom stereocenters. The van der Waals surface area contributed by atoms with Crippen LogP contribution in [0.25, 0.3) is 0 Å². The van der Waals surface area contributed by atoms with E-state index < -0.39 is 0 Å². The van der Waals surface area contributed by atoms with Gasteiger partial charge in [-0.3, -0.25) is 4.79 Å². The fourth-order valence-corrected chi connectivity index (χ4v) is 2.74. The number of amides is 1. The van der Waals surface area contributed by atoms with E-state index in [1.807, 2.05) is 49.4 Å². The van der Waals surface area contributed by atoms with Crippen molar-refractivity contribution in [1.82, 2.24) is 15.5 Å². The van der Waals surface area contributed by atoms with Gasteiger partial charge in [0.2, 0.25) is 6.79 Å². The molecule has 27 heavy (non-hydrogen) atoms. The monoisotopic (exact) mass is 362 g/mol. The topological polar surface area (TPSA) is 85.4 Å². The second-order valence-electron chi connectivity index (χ2n) is 6.17. The van der Waals surface area contributed by atoms with Crippen molar-refractivity contribution >= 4 is 17.4 Å². The van der Waals surface area contributed by atoms with Crippen LogP contribution < -0.4 is 20.1 Å². The van der Waals surface area contributed by atoms with Gasteiger partial charge in [0.15, 0.2) is 23.0 Å². The zero-order valence-corrected chi connectivity index (χ0v) is 14.7. The van der Waals surface area contributed by atoms with E-state index in [9.17, 15) is 4.79 Å². The molecule has 2 heterocycles. The molecule has 3 aromatic rings. The number of nitrogens with one attached hydrogen (secondary N) is 2. The van der Waals surface area contributed by atoms with Gasteiger partial charge in [-0.1, -0.05) is 29.8 Å². The van der Waals surface area contributed by atoms with Crippen LogP contribution >= 0.6 is 0 Å². The van der Waals surface area contributed by atoms with E-state index in [0.29, 0.717) is 23.9 Å². The van der Waals surface area contributed by atoms with E-state index in [-0.39, 0.29) is 18.4 Å². The molecule has 1 aliphatic heterocycles. The molecule has 0 saturated carbocycles.